The molecule has 29 heavy (non-hydrogen) atoms. The molecule has 0 atom stereocenters. The van der Waals surface area contributed by atoms with Crippen LogP contribution in [-0.4, -0.2) is 18.4 Å². The predicted octanol–water partition coefficient (Wildman–Crippen LogP) is 4.83. The van der Waals surface area contributed by atoms with E-state index in [0.29, 0.717) is 21.5 Å². The highest BCUT2D eigenvalue weighted by atomic mass is 79.9. The standard InChI is InChI=1S/C20H15BrF2N2O4/c21-17-9-8-16(29-17)19(27)25-14-3-1-2-13(10-14)18(26)24-11-12-4-6-15(7-5-12)28-20(22)23/h1-10,20H,11H2,(H,24,26)(H,25,27). The third-order valence-corrected chi connectivity index (χ3v) is 4.21. The number of amides is 2. The van der Waals surface area contributed by atoms with Gasteiger partial charge in [0.05, 0.1) is 0 Å². The van der Waals surface area contributed by atoms with Crippen molar-refractivity contribution >= 4 is 33.4 Å². The lowest BCUT2D eigenvalue weighted by molar-refractivity contribution is -0.0498. The van der Waals surface area contributed by atoms with E-state index < -0.39 is 12.5 Å². The first-order chi connectivity index (χ1) is 13.9. The van der Waals surface area contributed by atoms with Crippen LogP contribution >= 0.6 is 15.9 Å². The van der Waals surface area contributed by atoms with Crippen LogP contribution in [0.3, 0.4) is 0 Å². The average Bonchev–Trinajstić information content (AvgIpc) is 3.13. The van der Waals surface area contributed by atoms with Gasteiger partial charge in [0.1, 0.15) is 5.75 Å². The van der Waals surface area contributed by atoms with Crippen LogP contribution in [0.2, 0.25) is 0 Å². The molecule has 3 rings (SSSR count). The Morgan fingerprint density at radius 3 is 2.45 bits per heavy atom. The maximum absolute atomic E-state index is 12.4. The molecule has 9 heteroatoms. The molecule has 0 bridgehead atoms. The zero-order valence-electron chi connectivity index (χ0n) is 14.8. The molecule has 0 saturated heterocycles. The van der Waals surface area contributed by atoms with Crippen molar-refractivity contribution in [2.45, 2.75) is 13.2 Å². The smallest absolute Gasteiger partial charge is 0.387 e. The van der Waals surface area contributed by atoms with Crippen LogP contribution < -0.4 is 15.4 Å². The summed E-state index contributed by atoms with van der Waals surface area (Å²) in [4.78, 5) is 24.5. The lowest BCUT2D eigenvalue weighted by atomic mass is 10.1. The highest BCUT2D eigenvalue weighted by Gasteiger charge is 2.12. The maximum Gasteiger partial charge on any atom is 0.387 e. The Bertz CT molecular complexity index is 1010. The zero-order chi connectivity index (χ0) is 20.8. The highest BCUT2D eigenvalue weighted by Crippen LogP contribution is 2.18. The molecule has 2 aromatic carbocycles. The first-order valence-corrected chi connectivity index (χ1v) is 9.19. The molecular formula is C20H15BrF2N2O4. The van der Waals surface area contributed by atoms with Gasteiger partial charge < -0.3 is 19.8 Å². The lowest BCUT2D eigenvalue weighted by Crippen LogP contribution is -2.23. The molecule has 1 aromatic heterocycles. The Morgan fingerprint density at radius 1 is 1.03 bits per heavy atom. The van der Waals surface area contributed by atoms with Crippen molar-refractivity contribution in [1.29, 1.82) is 0 Å². The zero-order valence-corrected chi connectivity index (χ0v) is 16.4. The summed E-state index contributed by atoms with van der Waals surface area (Å²) in [5, 5.41) is 5.38. The summed E-state index contributed by atoms with van der Waals surface area (Å²) in [6, 6.07) is 15.5. The second kappa shape index (κ2) is 9.33. The number of benzene rings is 2. The third kappa shape index (κ3) is 5.89. The van der Waals surface area contributed by atoms with Crippen molar-refractivity contribution in [3.8, 4) is 5.75 Å². The fourth-order valence-corrected chi connectivity index (χ4v) is 2.75. The summed E-state index contributed by atoms with van der Waals surface area (Å²) in [6.45, 7) is -2.69. The number of hydrogen-bond donors (Lipinski definition) is 2. The Labute approximate surface area is 173 Å². The molecule has 6 nitrogen and oxygen atoms in total. The molecule has 0 aliphatic heterocycles. The van der Waals surface area contributed by atoms with Crippen molar-refractivity contribution in [2.75, 3.05) is 5.32 Å². The Morgan fingerprint density at radius 2 is 1.79 bits per heavy atom. The molecule has 2 N–H and O–H groups in total. The molecule has 0 saturated carbocycles. The van der Waals surface area contributed by atoms with Gasteiger partial charge in [0.25, 0.3) is 11.8 Å². The minimum absolute atomic E-state index is 0.0436. The van der Waals surface area contributed by atoms with E-state index in [9.17, 15) is 18.4 Å². The number of halogens is 3. The largest absolute Gasteiger partial charge is 0.444 e. The van der Waals surface area contributed by atoms with Crippen LogP contribution in [0.15, 0.2) is 69.8 Å². The van der Waals surface area contributed by atoms with Gasteiger partial charge in [0.15, 0.2) is 10.4 Å². The fourth-order valence-electron chi connectivity index (χ4n) is 2.44. The molecule has 0 spiro atoms. The molecule has 3 aromatic rings. The summed E-state index contributed by atoms with van der Waals surface area (Å²) in [5.41, 5.74) is 1.50. The van der Waals surface area contributed by atoms with E-state index in [1.807, 2.05) is 0 Å². The number of hydrogen-bond acceptors (Lipinski definition) is 4. The van der Waals surface area contributed by atoms with Gasteiger partial charge in [-0.15, -0.1) is 0 Å². The molecule has 0 aliphatic carbocycles. The van der Waals surface area contributed by atoms with E-state index in [2.05, 4.69) is 31.3 Å². The first-order valence-electron chi connectivity index (χ1n) is 8.39. The molecule has 0 aliphatic rings. The van der Waals surface area contributed by atoms with Crippen molar-refractivity contribution in [3.05, 3.63) is 82.2 Å². The summed E-state index contributed by atoms with van der Waals surface area (Å²) in [7, 11) is 0. The Kier molecular flexibility index (Phi) is 6.61. The van der Waals surface area contributed by atoms with Gasteiger partial charge in [-0.2, -0.15) is 8.78 Å². The molecule has 0 radical (unpaired) electrons. The number of carbonyl (C=O) groups excluding carboxylic acids is 2. The summed E-state index contributed by atoms with van der Waals surface area (Å²) in [5.74, 6) is -0.623. The number of ether oxygens (including phenoxy) is 1. The van der Waals surface area contributed by atoms with Crippen molar-refractivity contribution in [3.63, 3.8) is 0 Å². The van der Waals surface area contributed by atoms with Crippen molar-refractivity contribution in [2.24, 2.45) is 0 Å². The lowest BCUT2D eigenvalue weighted by Gasteiger charge is -2.09. The Balaban J connectivity index is 1.58. The van der Waals surface area contributed by atoms with Gasteiger partial charge in [-0.05, 0) is 64.0 Å². The van der Waals surface area contributed by atoms with Gasteiger partial charge in [-0.3, -0.25) is 9.59 Å². The number of alkyl halides is 2. The third-order valence-electron chi connectivity index (χ3n) is 3.78. The second-order valence-electron chi connectivity index (χ2n) is 5.84. The molecule has 0 unspecified atom stereocenters. The van der Waals surface area contributed by atoms with Crippen LogP contribution in [0.25, 0.3) is 0 Å². The summed E-state index contributed by atoms with van der Waals surface area (Å²) >= 11 is 3.13. The van der Waals surface area contributed by atoms with E-state index in [1.165, 1.54) is 24.3 Å². The van der Waals surface area contributed by atoms with Crippen LogP contribution in [0.1, 0.15) is 26.5 Å². The number of rotatable bonds is 7. The van der Waals surface area contributed by atoms with Crippen molar-refractivity contribution < 1.29 is 27.5 Å². The normalized spacial score (nSPS) is 10.6. The molecule has 150 valence electrons. The molecule has 0 fully saturated rings. The van der Waals surface area contributed by atoms with E-state index in [-0.39, 0.29) is 24.0 Å². The quantitative estimate of drug-likeness (QED) is 0.524. The Hall–Kier alpha value is -3.20. The van der Waals surface area contributed by atoms with Crippen molar-refractivity contribution in [1.82, 2.24) is 5.32 Å². The van der Waals surface area contributed by atoms with Crippen LogP contribution in [0.4, 0.5) is 14.5 Å². The van der Waals surface area contributed by atoms with Gasteiger partial charge >= 0.3 is 6.61 Å². The van der Waals surface area contributed by atoms with E-state index in [1.54, 1.807) is 36.4 Å². The number of furan rings is 1. The van der Waals surface area contributed by atoms with Gasteiger partial charge in [0.2, 0.25) is 0 Å². The number of carbonyl (C=O) groups is 2. The van der Waals surface area contributed by atoms with Gasteiger partial charge in [-0.1, -0.05) is 18.2 Å². The van der Waals surface area contributed by atoms with E-state index >= 15 is 0 Å². The maximum atomic E-state index is 12.4. The van der Waals surface area contributed by atoms with Crippen LogP contribution in [0.5, 0.6) is 5.75 Å². The summed E-state index contributed by atoms with van der Waals surface area (Å²) in [6.07, 6.45) is 0. The molecule has 1 heterocycles. The average molecular weight is 465 g/mol. The van der Waals surface area contributed by atoms with Crippen LogP contribution in [-0.2, 0) is 6.54 Å². The highest BCUT2D eigenvalue weighted by molar-refractivity contribution is 9.10. The topological polar surface area (TPSA) is 80.6 Å². The van der Waals surface area contributed by atoms with Crippen LogP contribution in [0, 0.1) is 0 Å². The predicted molar refractivity (Wildman–Crippen MR) is 105 cm³/mol. The number of anilines is 1. The first kappa shape index (κ1) is 20.5. The number of nitrogens with one attached hydrogen (secondary N) is 2. The summed E-state index contributed by atoms with van der Waals surface area (Å²) < 4.78 is 34.2. The fraction of sp³-hybridized carbons (Fsp3) is 0.100. The van der Waals surface area contributed by atoms with Gasteiger partial charge in [-0.25, -0.2) is 0 Å². The SMILES string of the molecule is O=C(NCc1ccc(OC(F)F)cc1)c1cccc(NC(=O)c2ccc(Br)o2)c1. The van der Waals surface area contributed by atoms with Gasteiger partial charge in [0, 0.05) is 17.8 Å². The second-order valence-corrected chi connectivity index (χ2v) is 6.63. The minimum atomic E-state index is -2.89. The minimum Gasteiger partial charge on any atom is -0.444 e. The molecule has 2 amide bonds. The van der Waals surface area contributed by atoms with E-state index in [4.69, 9.17) is 4.42 Å². The molecular weight excluding hydrogens is 450 g/mol. The van der Waals surface area contributed by atoms with E-state index in [0.717, 1.165) is 0 Å². The monoisotopic (exact) mass is 464 g/mol.